The van der Waals surface area contributed by atoms with Crippen LogP contribution in [0.5, 0.6) is 0 Å². The average molecular weight is 496 g/mol. The van der Waals surface area contributed by atoms with E-state index in [0.717, 1.165) is 57.0 Å². The van der Waals surface area contributed by atoms with Crippen molar-refractivity contribution in [2.45, 2.75) is 31.8 Å². The van der Waals surface area contributed by atoms with Crippen LogP contribution in [0.3, 0.4) is 0 Å². The van der Waals surface area contributed by atoms with Crippen LogP contribution in [0.4, 0.5) is 4.39 Å². The number of aliphatic imine (C=N–C) groups is 1. The van der Waals surface area contributed by atoms with Gasteiger partial charge in [0.15, 0.2) is 5.96 Å². The summed E-state index contributed by atoms with van der Waals surface area (Å²) < 4.78 is 13.2. The number of nitrogens with zero attached hydrogens (tertiary/aromatic N) is 2. The van der Waals surface area contributed by atoms with E-state index < -0.39 is 0 Å². The van der Waals surface area contributed by atoms with Crippen LogP contribution < -0.4 is 10.6 Å². The Bertz CT molecular complexity index is 730. The number of piperidine rings is 1. The molecule has 1 aliphatic heterocycles. The van der Waals surface area contributed by atoms with Gasteiger partial charge >= 0.3 is 0 Å². The summed E-state index contributed by atoms with van der Waals surface area (Å²) in [5, 5.41) is 6.86. The molecule has 2 aromatic rings. The lowest BCUT2D eigenvalue weighted by Gasteiger charge is -2.33. The monoisotopic (exact) mass is 496 g/mol. The maximum atomic E-state index is 13.2. The van der Waals surface area contributed by atoms with E-state index in [-0.39, 0.29) is 29.8 Å². The molecular formula is C22H30FIN4. The number of likely N-dealkylation sites (tertiary alicyclic amines) is 1. The Balaban J connectivity index is 0.00000280. The quantitative estimate of drug-likeness (QED) is 0.363. The maximum Gasteiger partial charge on any atom is 0.191 e. The standard InChI is InChI=1S/C22H29FN4.HI/c1-24-22(25-13-10-18-8-5-9-20(23)16-18)26-21-11-14-27(15-12-21)17-19-6-3-2-4-7-19;/h2-9,16,21H,10-15,17H2,1H3,(H2,24,25,26);1H. The van der Waals surface area contributed by atoms with Gasteiger partial charge in [0, 0.05) is 39.3 Å². The average Bonchev–Trinajstić information content (AvgIpc) is 2.69. The van der Waals surface area contributed by atoms with Crippen molar-refractivity contribution in [2.75, 3.05) is 26.7 Å². The summed E-state index contributed by atoms with van der Waals surface area (Å²) in [6.45, 7) is 3.93. The molecule has 0 amide bonds. The van der Waals surface area contributed by atoms with E-state index in [2.05, 4.69) is 50.9 Å². The Kier molecular flexibility index (Phi) is 9.70. The molecule has 0 radical (unpaired) electrons. The molecule has 2 N–H and O–H groups in total. The third-order valence-electron chi connectivity index (χ3n) is 5.00. The Morgan fingerprint density at radius 1 is 1.07 bits per heavy atom. The van der Waals surface area contributed by atoms with Crippen molar-refractivity contribution in [1.82, 2.24) is 15.5 Å². The zero-order valence-corrected chi connectivity index (χ0v) is 18.7. The first-order valence-corrected chi connectivity index (χ1v) is 9.71. The lowest BCUT2D eigenvalue weighted by molar-refractivity contribution is 0.198. The molecule has 1 heterocycles. The van der Waals surface area contributed by atoms with Gasteiger partial charge in [-0.25, -0.2) is 4.39 Å². The van der Waals surface area contributed by atoms with E-state index in [0.29, 0.717) is 6.04 Å². The lowest BCUT2D eigenvalue weighted by atomic mass is 10.0. The molecule has 4 nitrogen and oxygen atoms in total. The second-order valence-electron chi connectivity index (χ2n) is 7.06. The molecule has 1 aliphatic rings. The van der Waals surface area contributed by atoms with Gasteiger partial charge < -0.3 is 10.6 Å². The van der Waals surface area contributed by atoms with Crippen LogP contribution in [-0.4, -0.2) is 43.6 Å². The zero-order valence-electron chi connectivity index (χ0n) is 16.4. The second kappa shape index (κ2) is 12.0. The van der Waals surface area contributed by atoms with Crippen LogP contribution in [0, 0.1) is 5.82 Å². The van der Waals surface area contributed by atoms with Crippen LogP contribution in [0.15, 0.2) is 59.6 Å². The van der Waals surface area contributed by atoms with Gasteiger partial charge in [-0.05, 0) is 42.5 Å². The van der Waals surface area contributed by atoms with E-state index in [1.165, 1.54) is 11.6 Å². The van der Waals surface area contributed by atoms with Crippen molar-refractivity contribution in [3.63, 3.8) is 0 Å². The predicted molar refractivity (Wildman–Crippen MR) is 125 cm³/mol. The van der Waals surface area contributed by atoms with Gasteiger partial charge in [0.25, 0.3) is 0 Å². The summed E-state index contributed by atoms with van der Waals surface area (Å²) in [6, 6.07) is 17.8. The summed E-state index contributed by atoms with van der Waals surface area (Å²) >= 11 is 0. The normalized spacial score (nSPS) is 15.7. The molecular weight excluding hydrogens is 466 g/mol. The van der Waals surface area contributed by atoms with Crippen LogP contribution >= 0.6 is 24.0 Å². The molecule has 152 valence electrons. The van der Waals surface area contributed by atoms with Crippen LogP contribution in [0.25, 0.3) is 0 Å². The molecule has 0 bridgehead atoms. The van der Waals surface area contributed by atoms with Crippen molar-refractivity contribution in [3.8, 4) is 0 Å². The molecule has 0 spiro atoms. The number of hydrogen-bond acceptors (Lipinski definition) is 2. The summed E-state index contributed by atoms with van der Waals surface area (Å²) in [5.41, 5.74) is 2.37. The first-order chi connectivity index (χ1) is 13.2. The van der Waals surface area contributed by atoms with Crippen molar-refractivity contribution < 1.29 is 4.39 Å². The van der Waals surface area contributed by atoms with Crippen molar-refractivity contribution in [2.24, 2.45) is 4.99 Å². The topological polar surface area (TPSA) is 39.7 Å². The number of nitrogens with one attached hydrogen (secondary N) is 2. The molecule has 2 aromatic carbocycles. The van der Waals surface area contributed by atoms with Gasteiger partial charge in [-0.3, -0.25) is 9.89 Å². The zero-order chi connectivity index (χ0) is 18.9. The molecule has 1 saturated heterocycles. The largest absolute Gasteiger partial charge is 0.356 e. The summed E-state index contributed by atoms with van der Waals surface area (Å²) in [7, 11) is 1.79. The highest BCUT2D eigenvalue weighted by molar-refractivity contribution is 14.0. The third kappa shape index (κ3) is 7.39. The summed E-state index contributed by atoms with van der Waals surface area (Å²) in [5.74, 6) is 0.644. The van der Waals surface area contributed by atoms with E-state index in [1.54, 1.807) is 19.2 Å². The molecule has 28 heavy (non-hydrogen) atoms. The fourth-order valence-electron chi connectivity index (χ4n) is 3.48. The molecule has 0 atom stereocenters. The molecule has 1 fully saturated rings. The summed E-state index contributed by atoms with van der Waals surface area (Å²) in [6.07, 6.45) is 2.99. The minimum atomic E-state index is -0.183. The molecule has 0 unspecified atom stereocenters. The predicted octanol–water partition coefficient (Wildman–Crippen LogP) is 3.82. The molecule has 6 heteroatoms. The number of hydrogen-bond donors (Lipinski definition) is 2. The molecule has 0 aliphatic carbocycles. The van der Waals surface area contributed by atoms with Crippen molar-refractivity contribution in [3.05, 3.63) is 71.5 Å². The first kappa shape index (κ1) is 22.6. The van der Waals surface area contributed by atoms with Gasteiger partial charge in [-0.2, -0.15) is 0 Å². The highest BCUT2D eigenvalue weighted by atomic mass is 127. The smallest absolute Gasteiger partial charge is 0.191 e. The first-order valence-electron chi connectivity index (χ1n) is 9.71. The second-order valence-corrected chi connectivity index (χ2v) is 7.06. The number of guanidine groups is 1. The molecule has 0 saturated carbocycles. The van der Waals surface area contributed by atoms with Gasteiger partial charge in [-0.1, -0.05) is 42.5 Å². The Morgan fingerprint density at radius 3 is 2.46 bits per heavy atom. The van der Waals surface area contributed by atoms with E-state index in [9.17, 15) is 4.39 Å². The number of rotatable bonds is 6. The summed E-state index contributed by atoms with van der Waals surface area (Å²) in [4.78, 5) is 6.83. The minimum absolute atomic E-state index is 0. The highest BCUT2D eigenvalue weighted by Crippen LogP contribution is 2.13. The van der Waals surface area contributed by atoms with Crippen molar-refractivity contribution >= 4 is 29.9 Å². The van der Waals surface area contributed by atoms with Gasteiger partial charge in [-0.15, -0.1) is 24.0 Å². The van der Waals surface area contributed by atoms with Gasteiger partial charge in [0.05, 0.1) is 0 Å². The highest BCUT2D eigenvalue weighted by Gasteiger charge is 2.19. The SMILES string of the molecule is CN=C(NCCc1cccc(F)c1)NC1CCN(Cc2ccccc2)CC1.I. The molecule has 0 aromatic heterocycles. The third-order valence-corrected chi connectivity index (χ3v) is 5.00. The van der Waals surface area contributed by atoms with Gasteiger partial charge in [0.2, 0.25) is 0 Å². The van der Waals surface area contributed by atoms with Crippen molar-refractivity contribution in [1.29, 1.82) is 0 Å². The number of benzene rings is 2. The fraction of sp³-hybridized carbons (Fsp3) is 0.409. The van der Waals surface area contributed by atoms with E-state index in [1.807, 2.05) is 6.07 Å². The van der Waals surface area contributed by atoms with E-state index in [4.69, 9.17) is 0 Å². The Labute approximate surface area is 184 Å². The van der Waals surface area contributed by atoms with Crippen LogP contribution in [-0.2, 0) is 13.0 Å². The van der Waals surface area contributed by atoms with Gasteiger partial charge in [0.1, 0.15) is 5.82 Å². The van der Waals surface area contributed by atoms with E-state index >= 15 is 0 Å². The maximum absolute atomic E-state index is 13.2. The fourth-order valence-corrected chi connectivity index (χ4v) is 3.48. The minimum Gasteiger partial charge on any atom is -0.356 e. The Morgan fingerprint density at radius 2 is 1.79 bits per heavy atom. The Hall–Kier alpha value is -1.67. The van der Waals surface area contributed by atoms with Crippen LogP contribution in [0.1, 0.15) is 24.0 Å². The van der Waals surface area contributed by atoms with Crippen LogP contribution in [0.2, 0.25) is 0 Å². The number of halogens is 2. The molecule has 3 rings (SSSR count). The lowest BCUT2D eigenvalue weighted by Crippen LogP contribution is -2.48.